The molecule has 0 aliphatic rings. The van der Waals surface area contributed by atoms with Crippen molar-refractivity contribution in [3.63, 3.8) is 0 Å². The molecular weight excluding hydrogens is 252 g/mol. The van der Waals surface area contributed by atoms with Gasteiger partial charge < -0.3 is 9.47 Å². The number of ether oxygens (including phenoxy) is 2. The van der Waals surface area contributed by atoms with Gasteiger partial charge in [-0.15, -0.1) is 11.6 Å². The molecular formula is C13H21ClN2O2. The fourth-order valence-electron chi connectivity index (χ4n) is 1.35. The van der Waals surface area contributed by atoms with Crippen molar-refractivity contribution in [3.05, 3.63) is 17.7 Å². The summed E-state index contributed by atoms with van der Waals surface area (Å²) in [7, 11) is 0. The van der Waals surface area contributed by atoms with Crippen LogP contribution < -0.4 is 4.74 Å². The van der Waals surface area contributed by atoms with Crippen LogP contribution in [0, 0.1) is 0 Å². The number of halogens is 1. The average Bonchev–Trinajstić information content (AvgIpc) is 2.34. The van der Waals surface area contributed by atoms with E-state index in [1.54, 1.807) is 6.20 Å². The summed E-state index contributed by atoms with van der Waals surface area (Å²) >= 11 is 5.87. The normalized spacial score (nSPS) is 11.3. The van der Waals surface area contributed by atoms with Crippen LogP contribution in [0.5, 0.6) is 5.75 Å². The number of hydrogen-bond acceptors (Lipinski definition) is 4. The Morgan fingerprint density at radius 1 is 1.22 bits per heavy atom. The minimum Gasteiger partial charge on any atom is -0.488 e. The van der Waals surface area contributed by atoms with E-state index >= 15 is 0 Å². The van der Waals surface area contributed by atoms with Gasteiger partial charge in [-0.05, 0) is 13.8 Å². The van der Waals surface area contributed by atoms with Gasteiger partial charge in [0.2, 0.25) is 0 Å². The van der Waals surface area contributed by atoms with Crippen molar-refractivity contribution in [1.82, 2.24) is 9.97 Å². The SMILES string of the molecule is CC(C)OCCOc1cnc(C(C)C)nc1CCl. The van der Waals surface area contributed by atoms with Gasteiger partial charge in [-0.25, -0.2) is 9.97 Å². The molecule has 1 aromatic rings. The van der Waals surface area contributed by atoms with Crippen molar-refractivity contribution < 1.29 is 9.47 Å². The molecule has 0 atom stereocenters. The molecule has 0 unspecified atom stereocenters. The number of rotatable bonds is 7. The molecule has 5 heteroatoms. The molecule has 4 nitrogen and oxygen atoms in total. The molecule has 0 bridgehead atoms. The monoisotopic (exact) mass is 272 g/mol. The lowest BCUT2D eigenvalue weighted by molar-refractivity contribution is 0.0549. The van der Waals surface area contributed by atoms with Crippen LogP contribution in [0.1, 0.15) is 45.1 Å². The summed E-state index contributed by atoms with van der Waals surface area (Å²) in [5.41, 5.74) is 0.736. The fourth-order valence-corrected chi connectivity index (χ4v) is 1.54. The Labute approximate surface area is 114 Å². The number of aromatic nitrogens is 2. The summed E-state index contributed by atoms with van der Waals surface area (Å²) in [6.45, 7) is 9.10. The van der Waals surface area contributed by atoms with Crippen LogP contribution in [-0.2, 0) is 10.6 Å². The van der Waals surface area contributed by atoms with E-state index in [1.807, 2.05) is 27.7 Å². The minimum absolute atomic E-state index is 0.209. The molecule has 0 aromatic carbocycles. The number of hydrogen-bond donors (Lipinski definition) is 0. The predicted octanol–water partition coefficient (Wildman–Crippen LogP) is 3.14. The van der Waals surface area contributed by atoms with Crippen molar-refractivity contribution in [2.75, 3.05) is 13.2 Å². The summed E-state index contributed by atoms with van der Waals surface area (Å²) in [5.74, 6) is 2.03. The van der Waals surface area contributed by atoms with E-state index in [1.165, 1.54) is 0 Å². The number of nitrogens with zero attached hydrogens (tertiary/aromatic N) is 2. The van der Waals surface area contributed by atoms with E-state index in [0.29, 0.717) is 24.8 Å². The van der Waals surface area contributed by atoms with Crippen LogP contribution in [0.2, 0.25) is 0 Å². The molecule has 102 valence electrons. The summed E-state index contributed by atoms with van der Waals surface area (Å²) in [5, 5.41) is 0. The van der Waals surface area contributed by atoms with Crippen molar-refractivity contribution in [1.29, 1.82) is 0 Å². The van der Waals surface area contributed by atoms with E-state index < -0.39 is 0 Å². The Hall–Kier alpha value is -0.870. The van der Waals surface area contributed by atoms with Crippen LogP contribution in [0.4, 0.5) is 0 Å². The lowest BCUT2D eigenvalue weighted by atomic mass is 10.2. The third-order valence-corrected chi connectivity index (χ3v) is 2.54. The second-order valence-electron chi connectivity index (χ2n) is 4.60. The van der Waals surface area contributed by atoms with Crippen LogP contribution in [0.15, 0.2) is 6.20 Å². The van der Waals surface area contributed by atoms with Gasteiger partial charge in [0.05, 0.1) is 24.8 Å². The molecule has 0 aliphatic heterocycles. The van der Waals surface area contributed by atoms with E-state index in [9.17, 15) is 0 Å². The Morgan fingerprint density at radius 3 is 2.50 bits per heavy atom. The average molecular weight is 273 g/mol. The molecule has 0 amide bonds. The van der Waals surface area contributed by atoms with Crippen molar-refractivity contribution in [2.45, 2.75) is 45.6 Å². The molecule has 0 radical (unpaired) electrons. The highest BCUT2D eigenvalue weighted by atomic mass is 35.5. The molecule has 18 heavy (non-hydrogen) atoms. The third kappa shape index (κ3) is 4.78. The standard InChI is InChI=1S/C13H21ClN2O2/c1-9(2)13-15-8-12(11(7-14)16-13)18-6-5-17-10(3)4/h8-10H,5-7H2,1-4H3. The Bertz CT molecular complexity index is 370. The molecule has 0 aliphatic carbocycles. The molecule has 0 fully saturated rings. The maximum absolute atomic E-state index is 5.87. The lowest BCUT2D eigenvalue weighted by Gasteiger charge is -2.12. The fraction of sp³-hybridized carbons (Fsp3) is 0.692. The van der Waals surface area contributed by atoms with Gasteiger partial charge in [0.1, 0.15) is 18.1 Å². The Kier molecular flexibility index (Phi) is 6.36. The zero-order valence-corrected chi connectivity index (χ0v) is 12.2. The van der Waals surface area contributed by atoms with Gasteiger partial charge in [-0.2, -0.15) is 0 Å². The Morgan fingerprint density at radius 2 is 1.94 bits per heavy atom. The van der Waals surface area contributed by atoms with Gasteiger partial charge in [0.15, 0.2) is 5.75 Å². The maximum atomic E-state index is 5.87. The molecule has 0 spiro atoms. The number of alkyl halides is 1. The topological polar surface area (TPSA) is 44.2 Å². The van der Waals surface area contributed by atoms with Gasteiger partial charge in [0, 0.05) is 5.92 Å². The minimum atomic E-state index is 0.209. The molecule has 0 N–H and O–H groups in total. The smallest absolute Gasteiger partial charge is 0.160 e. The molecule has 0 saturated carbocycles. The Balaban J connectivity index is 2.59. The highest BCUT2D eigenvalue weighted by molar-refractivity contribution is 6.17. The van der Waals surface area contributed by atoms with E-state index in [4.69, 9.17) is 21.1 Å². The first-order chi connectivity index (χ1) is 8.54. The quantitative estimate of drug-likeness (QED) is 0.565. The first kappa shape index (κ1) is 15.2. The second kappa shape index (κ2) is 7.54. The van der Waals surface area contributed by atoms with Crippen LogP contribution >= 0.6 is 11.6 Å². The van der Waals surface area contributed by atoms with E-state index in [2.05, 4.69) is 9.97 Å². The van der Waals surface area contributed by atoms with E-state index in [0.717, 1.165) is 11.5 Å². The molecule has 1 aromatic heterocycles. The van der Waals surface area contributed by atoms with Crippen molar-refractivity contribution in [3.8, 4) is 5.75 Å². The van der Waals surface area contributed by atoms with Crippen LogP contribution in [0.25, 0.3) is 0 Å². The third-order valence-electron chi connectivity index (χ3n) is 2.28. The van der Waals surface area contributed by atoms with E-state index in [-0.39, 0.29) is 12.0 Å². The summed E-state index contributed by atoms with van der Waals surface area (Å²) in [6, 6.07) is 0. The highest BCUT2D eigenvalue weighted by Crippen LogP contribution is 2.20. The van der Waals surface area contributed by atoms with Crippen LogP contribution in [-0.4, -0.2) is 29.3 Å². The largest absolute Gasteiger partial charge is 0.488 e. The second-order valence-corrected chi connectivity index (χ2v) is 4.86. The summed E-state index contributed by atoms with van der Waals surface area (Å²) in [4.78, 5) is 8.66. The first-order valence-corrected chi connectivity index (χ1v) is 6.74. The van der Waals surface area contributed by atoms with Crippen molar-refractivity contribution >= 4 is 11.6 Å². The highest BCUT2D eigenvalue weighted by Gasteiger charge is 2.10. The molecule has 0 saturated heterocycles. The zero-order chi connectivity index (χ0) is 13.5. The zero-order valence-electron chi connectivity index (χ0n) is 11.4. The maximum Gasteiger partial charge on any atom is 0.160 e. The summed E-state index contributed by atoms with van der Waals surface area (Å²) in [6.07, 6.45) is 1.90. The predicted molar refractivity (Wildman–Crippen MR) is 72.3 cm³/mol. The molecule has 1 rings (SSSR count). The first-order valence-electron chi connectivity index (χ1n) is 6.20. The van der Waals surface area contributed by atoms with Crippen molar-refractivity contribution in [2.24, 2.45) is 0 Å². The summed E-state index contributed by atoms with van der Waals surface area (Å²) < 4.78 is 11.0. The van der Waals surface area contributed by atoms with Crippen LogP contribution in [0.3, 0.4) is 0 Å². The molecule has 1 heterocycles. The lowest BCUT2D eigenvalue weighted by Crippen LogP contribution is -2.13. The van der Waals surface area contributed by atoms with Gasteiger partial charge in [0.25, 0.3) is 0 Å². The van der Waals surface area contributed by atoms with Gasteiger partial charge in [-0.3, -0.25) is 0 Å². The van der Waals surface area contributed by atoms with Gasteiger partial charge in [-0.1, -0.05) is 13.8 Å². The van der Waals surface area contributed by atoms with Gasteiger partial charge >= 0.3 is 0 Å².